The average molecular weight is 427 g/mol. The Hall–Kier alpha value is -2.64. The number of pyridine rings is 1. The van der Waals surface area contributed by atoms with E-state index in [9.17, 15) is 14.0 Å². The van der Waals surface area contributed by atoms with Crippen molar-refractivity contribution in [1.29, 1.82) is 0 Å². The van der Waals surface area contributed by atoms with Crippen molar-refractivity contribution in [3.05, 3.63) is 83.9 Å². The van der Waals surface area contributed by atoms with Crippen LogP contribution in [0.3, 0.4) is 0 Å². The van der Waals surface area contributed by atoms with E-state index in [4.69, 9.17) is 0 Å². The van der Waals surface area contributed by atoms with Crippen molar-refractivity contribution in [2.45, 2.75) is 22.5 Å². The van der Waals surface area contributed by atoms with Crippen LogP contribution in [0.5, 0.6) is 0 Å². The molecule has 0 aliphatic heterocycles. The van der Waals surface area contributed by atoms with E-state index in [0.717, 1.165) is 28.0 Å². The van der Waals surface area contributed by atoms with Gasteiger partial charge in [0.15, 0.2) is 5.78 Å². The van der Waals surface area contributed by atoms with Crippen LogP contribution in [0.15, 0.2) is 76.8 Å². The van der Waals surface area contributed by atoms with Crippen LogP contribution in [0.2, 0.25) is 0 Å². The lowest BCUT2D eigenvalue weighted by molar-refractivity contribution is -0.113. The molecular weight excluding hydrogens is 407 g/mol. The number of carbonyl (C=O) groups is 2. The number of thioether (sulfide) groups is 2. The van der Waals surface area contributed by atoms with Crippen LogP contribution in [0.4, 0.5) is 10.1 Å². The van der Waals surface area contributed by atoms with Gasteiger partial charge < -0.3 is 5.32 Å². The van der Waals surface area contributed by atoms with Gasteiger partial charge in [0.25, 0.3) is 0 Å². The van der Waals surface area contributed by atoms with Gasteiger partial charge in [-0.2, -0.15) is 0 Å². The second kappa shape index (κ2) is 10.2. The summed E-state index contributed by atoms with van der Waals surface area (Å²) in [5, 5.41) is 2.81. The summed E-state index contributed by atoms with van der Waals surface area (Å²) in [4.78, 5) is 29.0. The average Bonchev–Trinajstić information content (AvgIpc) is 2.73. The molecule has 2 aromatic carbocycles. The lowest BCUT2D eigenvalue weighted by Crippen LogP contribution is -2.14. The molecule has 7 heteroatoms. The summed E-state index contributed by atoms with van der Waals surface area (Å²) in [7, 11) is 0. The molecule has 1 heterocycles. The third-order valence-electron chi connectivity index (χ3n) is 3.96. The first-order valence-electron chi connectivity index (χ1n) is 8.86. The maximum atomic E-state index is 14.0. The summed E-state index contributed by atoms with van der Waals surface area (Å²) in [6.07, 6.45) is 3.59. The van der Waals surface area contributed by atoms with Crippen LogP contribution < -0.4 is 5.32 Å². The summed E-state index contributed by atoms with van der Waals surface area (Å²) < 4.78 is 14.0. The molecule has 0 saturated heterocycles. The first-order chi connectivity index (χ1) is 14.0. The van der Waals surface area contributed by atoms with Crippen LogP contribution in [0.25, 0.3) is 0 Å². The van der Waals surface area contributed by atoms with E-state index in [0.29, 0.717) is 16.1 Å². The highest BCUT2D eigenvalue weighted by atomic mass is 32.2. The predicted molar refractivity (Wildman–Crippen MR) is 116 cm³/mol. The van der Waals surface area contributed by atoms with Crippen molar-refractivity contribution in [3.63, 3.8) is 0 Å². The minimum atomic E-state index is -0.495. The first-order valence-corrected chi connectivity index (χ1v) is 10.8. The van der Waals surface area contributed by atoms with E-state index in [1.54, 1.807) is 24.0 Å². The largest absolute Gasteiger partial charge is 0.325 e. The normalized spacial score (nSPS) is 10.6. The molecule has 3 rings (SSSR count). The van der Waals surface area contributed by atoms with Crippen molar-refractivity contribution in [2.24, 2.45) is 0 Å². The number of hydrogen-bond donors (Lipinski definition) is 1. The van der Waals surface area contributed by atoms with Crippen LogP contribution in [0, 0.1) is 5.82 Å². The van der Waals surface area contributed by atoms with Crippen molar-refractivity contribution in [2.75, 3.05) is 11.1 Å². The Morgan fingerprint density at radius 1 is 1.07 bits per heavy atom. The number of rotatable bonds is 8. The van der Waals surface area contributed by atoms with Crippen LogP contribution in [0.1, 0.15) is 22.8 Å². The maximum absolute atomic E-state index is 14.0. The molecule has 4 nitrogen and oxygen atoms in total. The summed E-state index contributed by atoms with van der Waals surface area (Å²) in [5.41, 5.74) is 2.15. The Morgan fingerprint density at radius 3 is 2.52 bits per heavy atom. The molecule has 0 aliphatic carbocycles. The zero-order valence-electron chi connectivity index (χ0n) is 15.7. The quantitative estimate of drug-likeness (QED) is 0.384. The predicted octanol–water partition coefficient (Wildman–Crippen LogP) is 5.45. The molecule has 148 valence electrons. The van der Waals surface area contributed by atoms with Gasteiger partial charge in [0.2, 0.25) is 5.91 Å². The van der Waals surface area contributed by atoms with E-state index in [-0.39, 0.29) is 17.4 Å². The van der Waals surface area contributed by atoms with Crippen LogP contribution in [-0.2, 0) is 10.5 Å². The van der Waals surface area contributed by atoms with Gasteiger partial charge >= 0.3 is 0 Å². The van der Waals surface area contributed by atoms with Crippen LogP contribution >= 0.6 is 23.5 Å². The molecule has 0 atom stereocenters. The SMILES string of the molecule is CC(=O)c1ccc(SCC(=O)Nc2ccc(SCc3cccnc3)cc2)c(F)c1. The molecule has 0 bridgehead atoms. The summed E-state index contributed by atoms with van der Waals surface area (Å²) in [6.45, 7) is 1.39. The van der Waals surface area contributed by atoms with Crippen LogP contribution in [-0.4, -0.2) is 22.4 Å². The summed E-state index contributed by atoms with van der Waals surface area (Å²) in [6, 6.07) is 15.8. The number of Topliss-reactive ketones (excluding diaryl/α,β-unsaturated/α-hetero) is 1. The van der Waals surface area contributed by atoms with Gasteiger partial charge in [0.05, 0.1) is 5.75 Å². The molecule has 0 radical (unpaired) electrons. The number of aromatic nitrogens is 1. The molecule has 0 saturated carbocycles. The maximum Gasteiger partial charge on any atom is 0.234 e. The standard InChI is InChI=1S/C22H19FN2O2S2/c1-15(26)17-4-9-21(20(23)11-17)29-14-22(27)25-18-5-7-19(8-6-18)28-13-16-3-2-10-24-12-16/h2-12H,13-14H2,1H3,(H,25,27). The number of hydrogen-bond acceptors (Lipinski definition) is 5. The number of nitrogens with one attached hydrogen (secondary N) is 1. The van der Waals surface area contributed by atoms with E-state index in [1.165, 1.54) is 19.1 Å². The number of ketones is 1. The minimum Gasteiger partial charge on any atom is -0.325 e. The summed E-state index contributed by atoms with van der Waals surface area (Å²) >= 11 is 2.79. The number of amides is 1. The van der Waals surface area contributed by atoms with E-state index in [2.05, 4.69) is 10.3 Å². The molecular formula is C22H19FN2O2S2. The van der Waals surface area contributed by atoms with E-state index in [1.807, 2.05) is 42.6 Å². The second-order valence-corrected chi connectivity index (χ2v) is 8.28. The van der Waals surface area contributed by atoms with Gasteiger partial charge in [-0.25, -0.2) is 4.39 Å². The van der Waals surface area contributed by atoms with Gasteiger partial charge in [0.1, 0.15) is 5.82 Å². The molecule has 0 fully saturated rings. The molecule has 0 spiro atoms. The molecule has 3 aromatic rings. The number of anilines is 1. The number of nitrogens with zero attached hydrogens (tertiary/aromatic N) is 1. The fourth-order valence-corrected chi connectivity index (χ4v) is 4.01. The van der Waals surface area contributed by atoms with Gasteiger partial charge in [-0.1, -0.05) is 12.1 Å². The Balaban J connectivity index is 1.48. The Bertz CT molecular complexity index is 995. The smallest absolute Gasteiger partial charge is 0.234 e. The number of benzene rings is 2. The topological polar surface area (TPSA) is 59.1 Å². The van der Waals surface area contributed by atoms with Crippen molar-refractivity contribution < 1.29 is 14.0 Å². The second-order valence-electron chi connectivity index (χ2n) is 6.21. The number of carbonyl (C=O) groups excluding carboxylic acids is 2. The Kier molecular flexibility index (Phi) is 7.43. The van der Waals surface area contributed by atoms with Gasteiger partial charge in [0, 0.05) is 39.2 Å². The molecule has 1 N–H and O–H groups in total. The molecule has 1 aromatic heterocycles. The Morgan fingerprint density at radius 2 is 1.86 bits per heavy atom. The van der Waals surface area contributed by atoms with E-state index < -0.39 is 5.82 Å². The third kappa shape index (κ3) is 6.44. The lowest BCUT2D eigenvalue weighted by Gasteiger charge is -2.08. The van der Waals surface area contributed by atoms with Crippen molar-refractivity contribution in [1.82, 2.24) is 4.98 Å². The summed E-state index contributed by atoms with van der Waals surface area (Å²) in [5.74, 6) is -0.00980. The van der Waals surface area contributed by atoms with E-state index >= 15 is 0 Å². The highest BCUT2D eigenvalue weighted by Crippen LogP contribution is 2.25. The molecule has 0 unspecified atom stereocenters. The van der Waals surface area contributed by atoms with Gasteiger partial charge in [-0.15, -0.1) is 23.5 Å². The highest BCUT2D eigenvalue weighted by Gasteiger charge is 2.10. The first kappa shape index (κ1) is 21.1. The Labute approximate surface area is 177 Å². The molecule has 29 heavy (non-hydrogen) atoms. The molecule has 1 amide bonds. The van der Waals surface area contributed by atoms with Gasteiger partial charge in [-0.3, -0.25) is 14.6 Å². The van der Waals surface area contributed by atoms with Crippen molar-refractivity contribution in [3.8, 4) is 0 Å². The minimum absolute atomic E-state index is 0.0772. The lowest BCUT2D eigenvalue weighted by atomic mass is 10.1. The van der Waals surface area contributed by atoms with Gasteiger partial charge in [-0.05, 0) is 55.0 Å². The molecule has 0 aliphatic rings. The monoisotopic (exact) mass is 426 g/mol. The zero-order valence-corrected chi connectivity index (χ0v) is 17.4. The van der Waals surface area contributed by atoms with Crippen molar-refractivity contribution >= 4 is 40.9 Å². The fourth-order valence-electron chi connectivity index (χ4n) is 2.46. The number of halogens is 1. The third-order valence-corrected chi connectivity index (χ3v) is 6.10. The zero-order chi connectivity index (χ0) is 20.6. The highest BCUT2D eigenvalue weighted by molar-refractivity contribution is 8.00. The fraction of sp³-hybridized carbons (Fsp3) is 0.136.